The molecule has 0 aliphatic carbocycles. The molecular formula is C14H19NO4. The first-order valence-corrected chi connectivity index (χ1v) is 6.49. The van der Waals surface area contributed by atoms with Crippen molar-refractivity contribution >= 4 is 5.97 Å². The number of carbonyl (C=O) groups is 1. The second kappa shape index (κ2) is 5.93. The average molecular weight is 265 g/mol. The third-order valence-corrected chi connectivity index (χ3v) is 3.60. The molecule has 3 N–H and O–H groups in total. The number of aliphatic carboxylic acids is 1. The van der Waals surface area contributed by atoms with Gasteiger partial charge in [0.1, 0.15) is 11.5 Å². The molecule has 1 unspecified atom stereocenters. The van der Waals surface area contributed by atoms with Crippen molar-refractivity contribution < 1.29 is 20.1 Å². The second-order valence-corrected chi connectivity index (χ2v) is 5.14. The SMILES string of the molecule is O=C(O)CCC1CCN(Cc2ccc(O)cc2O)C1. The van der Waals surface area contributed by atoms with E-state index >= 15 is 0 Å². The summed E-state index contributed by atoms with van der Waals surface area (Å²) in [7, 11) is 0. The van der Waals surface area contributed by atoms with Crippen molar-refractivity contribution in [2.75, 3.05) is 13.1 Å². The van der Waals surface area contributed by atoms with Crippen LogP contribution in [0.1, 0.15) is 24.8 Å². The van der Waals surface area contributed by atoms with Crippen molar-refractivity contribution in [3.8, 4) is 11.5 Å². The summed E-state index contributed by atoms with van der Waals surface area (Å²) < 4.78 is 0. The van der Waals surface area contributed by atoms with Gasteiger partial charge in [0.25, 0.3) is 0 Å². The molecule has 2 rings (SSSR count). The number of likely N-dealkylation sites (tertiary alicyclic amines) is 1. The largest absolute Gasteiger partial charge is 0.508 e. The van der Waals surface area contributed by atoms with E-state index in [1.165, 1.54) is 6.07 Å². The Morgan fingerprint density at radius 3 is 2.84 bits per heavy atom. The lowest BCUT2D eigenvalue weighted by Crippen LogP contribution is -2.20. The molecule has 5 heteroatoms. The van der Waals surface area contributed by atoms with E-state index in [9.17, 15) is 15.0 Å². The van der Waals surface area contributed by atoms with Gasteiger partial charge in [0.2, 0.25) is 0 Å². The number of nitrogens with zero attached hydrogens (tertiary/aromatic N) is 1. The lowest BCUT2D eigenvalue weighted by molar-refractivity contribution is -0.137. The second-order valence-electron chi connectivity index (χ2n) is 5.14. The van der Waals surface area contributed by atoms with E-state index in [1.54, 1.807) is 12.1 Å². The average Bonchev–Trinajstić information content (AvgIpc) is 2.78. The summed E-state index contributed by atoms with van der Waals surface area (Å²) in [5.41, 5.74) is 0.789. The van der Waals surface area contributed by atoms with E-state index in [0.29, 0.717) is 18.9 Å². The molecule has 5 nitrogen and oxygen atoms in total. The Labute approximate surface area is 112 Å². The van der Waals surface area contributed by atoms with Gasteiger partial charge in [-0.3, -0.25) is 9.69 Å². The molecule has 0 radical (unpaired) electrons. The minimum atomic E-state index is -0.741. The lowest BCUT2D eigenvalue weighted by Gasteiger charge is -2.16. The van der Waals surface area contributed by atoms with E-state index in [-0.39, 0.29) is 17.9 Å². The fraction of sp³-hybridized carbons (Fsp3) is 0.500. The molecule has 104 valence electrons. The smallest absolute Gasteiger partial charge is 0.303 e. The summed E-state index contributed by atoms with van der Waals surface area (Å²) in [6.07, 6.45) is 1.95. The Bertz CT molecular complexity index is 461. The molecule has 1 aliphatic heterocycles. The van der Waals surface area contributed by atoms with E-state index < -0.39 is 5.97 Å². The molecule has 0 bridgehead atoms. The summed E-state index contributed by atoms with van der Waals surface area (Å²) in [5.74, 6) is -0.152. The van der Waals surface area contributed by atoms with Gasteiger partial charge < -0.3 is 15.3 Å². The van der Waals surface area contributed by atoms with Crippen LogP contribution in [0.4, 0.5) is 0 Å². The molecule has 1 aliphatic rings. The number of phenolic OH excluding ortho intramolecular Hbond substituents is 2. The number of hydrogen-bond donors (Lipinski definition) is 3. The zero-order chi connectivity index (χ0) is 13.8. The fourth-order valence-corrected chi connectivity index (χ4v) is 2.55. The van der Waals surface area contributed by atoms with Crippen LogP contribution in [-0.4, -0.2) is 39.3 Å². The van der Waals surface area contributed by atoms with E-state index in [1.807, 2.05) is 0 Å². The van der Waals surface area contributed by atoms with Gasteiger partial charge in [-0.15, -0.1) is 0 Å². The summed E-state index contributed by atoms with van der Waals surface area (Å²) in [6, 6.07) is 4.62. The predicted octanol–water partition coefficient (Wildman–Crippen LogP) is 1.78. The van der Waals surface area contributed by atoms with Crippen molar-refractivity contribution in [1.82, 2.24) is 4.90 Å². The summed E-state index contributed by atoms with van der Waals surface area (Å²) >= 11 is 0. The zero-order valence-electron chi connectivity index (χ0n) is 10.7. The number of benzene rings is 1. The highest BCUT2D eigenvalue weighted by molar-refractivity contribution is 5.66. The van der Waals surface area contributed by atoms with Crippen LogP contribution < -0.4 is 0 Å². The van der Waals surface area contributed by atoms with Gasteiger partial charge in [0, 0.05) is 31.1 Å². The van der Waals surface area contributed by atoms with Crippen molar-refractivity contribution in [3.05, 3.63) is 23.8 Å². The third kappa shape index (κ3) is 3.86. The van der Waals surface area contributed by atoms with Crippen molar-refractivity contribution in [3.63, 3.8) is 0 Å². The van der Waals surface area contributed by atoms with Crippen LogP contribution in [0.15, 0.2) is 18.2 Å². The summed E-state index contributed by atoms with van der Waals surface area (Å²) in [4.78, 5) is 12.7. The Kier molecular flexibility index (Phi) is 4.27. The van der Waals surface area contributed by atoms with Gasteiger partial charge in [0.15, 0.2) is 0 Å². The number of phenols is 2. The molecule has 1 atom stereocenters. The van der Waals surface area contributed by atoms with Gasteiger partial charge >= 0.3 is 5.97 Å². The maximum Gasteiger partial charge on any atom is 0.303 e. The molecule has 0 aromatic heterocycles. The van der Waals surface area contributed by atoms with E-state index in [2.05, 4.69) is 4.90 Å². The summed E-state index contributed by atoms with van der Waals surface area (Å²) in [6.45, 7) is 2.42. The molecule has 1 aromatic rings. The zero-order valence-corrected chi connectivity index (χ0v) is 10.7. The van der Waals surface area contributed by atoms with Crippen molar-refractivity contribution in [1.29, 1.82) is 0 Å². The molecule has 0 amide bonds. The molecule has 19 heavy (non-hydrogen) atoms. The van der Waals surface area contributed by atoms with Crippen LogP contribution in [0.3, 0.4) is 0 Å². The topological polar surface area (TPSA) is 81.0 Å². The van der Waals surface area contributed by atoms with E-state index in [4.69, 9.17) is 5.11 Å². The standard InChI is InChI=1S/C14H19NO4/c16-12-3-2-11(13(17)7-12)9-15-6-5-10(8-15)1-4-14(18)19/h2-3,7,10,16-17H,1,4-6,8-9H2,(H,18,19). The Morgan fingerprint density at radius 1 is 1.37 bits per heavy atom. The van der Waals surface area contributed by atoms with Crippen molar-refractivity contribution in [2.45, 2.75) is 25.8 Å². The van der Waals surface area contributed by atoms with Crippen molar-refractivity contribution in [2.24, 2.45) is 5.92 Å². The van der Waals surface area contributed by atoms with Crippen LogP contribution in [0.5, 0.6) is 11.5 Å². The van der Waals surface area contributed by atoms with Gasteiger partial charge in [-0.2, -0.15) is 0 Å². The Morgan fingerprint density at radius 2 is 2.16 bits per heavy atom. The first-order valence-electron chi connectivity index (χ1n) is 6.49. The minimum Gasteiger partial charge on any atom is -0.508 e. The Balaban J connectivity index is 1.86. The minimum absolute atomic E-state index is 0.0574. The fourth-order valence-electron chi connectivity index (χ4n) is 2.55. The third-order valence-electron chi connectivity index (χ3n) is 3.60. The predicted molar refractivity (Wildman–Crippen MR) is 70.0 cm³/mol. The number of hydrogen-bond acceptors (Lipinski definition) is 4. The van der Waals surface area contributed by atoms with Crippen LogP contribution >= 0.6 is 0 Å². The highest BCUT2D eigenvalue weighted by atomic mass is 16.4. The highest BCUT2D eigenvalue weighted by Gasteiger charge is 2.23. The van der Waals surface area contributed by atoms with Gasteiger partial charge in [0.05, 0.1) is 0 Å². The lowest BCUT2D eigenvalue weighted by atomic mass is 10.0. The van der Waals surface area contributed by atoms with Crippen LogP contribution in [-0.2, 0) is 11.3 Å². The van der Waals surface area contributed by atoms with Crippen LogP contribution in [0.25, 0.3) is 0 Å². The first-order chi connectivity index (χ1) is 9.04. The maximum atomic E-state index is 10.5. The quantitative estimate of drug-likeness (QED) is 0.756. The molecule has 1 saturated heterocycles. The van der Waals surface area contributed by atoms with Crippen LogP contribution in [0.2, 0.25) is 0 Å². The van der Waals surface area contributed by atoms with Gasteiger partial charge in [-0.25, -0.2) is 0 Å². The Hall–Kier alpha value is -1.75. The monoisotopic (exact) mass is 265 g/mol. The van der Waals surface area contributed by atoms with Gasteiger partial charge in [-0.05, 0) is 31.4 Å². The molecule has 0 saturated carbocycles. The maximum absolute atomic E-state index is 10.5. The molecule has 0 spiro atoms. The molecule has 1 aromatic carbocycles. The highest BCUT2D eigenvalue weighted by Crippen LogP contribution is 2.27. The number of carboxylic acids is 1. The van der Waals surface area contributed by atoms with Gasteiger partial charge in [-0.1, -0.05) is 6.07 Å². The number of aromatic hydroxyl groups is 2. The summed E-state index contributed by atoms with van der Waals surface area (Å²) in [5, 5.41) is 27.6. The first kappa shape index (κ1) is 13.7. The molecular weight excluding hydrogens is 246 g/mol. The molecule has 1 heterocycles. The number of rotatable bonds is 5. The number of carboxylic acid groups (broad SMARTS) is 1. The molecule has 1 fully saturated rings. The van der Waals surface area contributed by atoms with Crippen LogP contribution in [0, 0.1) is 5.92 Å². The normalized spacial score (nSPS) is 19.7. The van der Waals surface area contributed by atoms with E-state index in [0.717, 1.165) is 25.1 Å².